The molecule has 0 bridgehead atoms. The number of aromatic nitrogens is 2. The number of alkyl halides is 3. The van der Waals surface area contributed by atoms with Crippen LogP contribution < -0.4 is 10.4 Å². The summed E-state index contributed by atoms with van der Waals surface area (Å²) in [5.74, 6) is 0.798. The van der Waals surface area contributed by atoms with Crippen LogP contribution in [0.5, 0.6) is 5.75 Å². The lowest BCUT2D eigenvalue weighted by molar-refractivity contribution is -0.136. The summed E-state index contributed by atoms with van der Waals surface area (Å²) >= 11 is 0. The van der Waals surface area contributed by atoms with Crippen molar-refractivity contribution < 1.29 is 17.9 Å². The molecule has 2 aromatic carbocycles. The van der Waals surface area contributed by atoms with Gasteiger partial charge in [-0.3, -0.25) is 4.57 Å². The topological polar surface area (TPSA) is 44.1 Å². The molecule has 0 fully saturated rings. The largest absolute Gasteiger partial charge is 0.466 e. The summed E-state index contributed by atoms with van der Waals surface area (Å²) in [4.78, 5) is 16.7. The van der Waals surface area contributed by atoms with Crippen LogP contribution in [0.3, 0.4) is 0 Å². The minimum absolute atomic E-state index is 0.344. The third-order valence-electron chi connectivity index (χ3n) is 4.64. The summed E-state index contributed by atoms with van der Waals surface area (Å²) < 4.78 is 44.5. The number of nitrogens with zero attached hydrogens (tertiary/aromatic N) is 2. The van der Waals surface area contributed by atoms with E-state index in [-0.39, 0.29) is 0 Å². The number of ether oxygens (including phenoxy) is 1. The van der Waals surface area contributed by atoms with E-state index in [0.717, 1.165) is 10.1 Å². The van der Waals surface area contributed by atoms with Gasteiger partial charge in [-0.25, -0.2) is 4.79 Å². The summed E-state index contributed by atoms with van der Waals surface area (Å²) in [6.45, 7) is 7.16. The molecule has 0 aliphatic carbocycles. The predicted octanol–water partition coefficient (Wildman–Crippen LogP) is 5.66. The van der Waals surface area contributed by atoms with E-state index in [2.05, 4.69) is 25.4 Å². The minimum Gasteiger partial charge on any atom is -0.466 e. The first-order valence-corrected chi connectivity index (χ1v) is 9.19. The molecular weight excluding hydrogens is 381 g/mol. The van der Waals surface area contributed by atoms with E-state index in [4.69, 9.17) is 4.74 Å². The van der Waals surface area contributed by atoms with Crippen LogP contribution in [0.2, 0.25) is 0 Å². The Labute approximate surface area is 166 Å². The molecule has 1 aromatic heterocycles. The lowest BCUT2D eigenvalue weighted by Crippen LogP contribution is -2.26. The van der Waals surface area contributed by atoms with Crippen molar-refractivity contribution in [1.82, 2.24) is 9.55 Å². The van der Waals surface area contributed by atoms with Crippen LogP contribution in [0.25, 0.3) is 22.2 Å². The van der Waals surface area contributed by atoms with E-state index >= 15 is 0 Å². The van der Waals surface area contributed by atoms with E-state index < -0.39 is 24.8 Å². The van der Waals surface area contributed by atoms with Gasteiger partial charge in [-0.1, -0.05) is 44.7 Å². The number of rotatable bonds is 6. The van der Waals surface area contributed by atoms with Crippen molar-refractivity contribution in [3.8, 4) is 17.0 Å². The summed E-state index contributed by atoms with van der Waals surface area (Å²) in [6, 6.07) is 12.4. The van der Waals surface area contributed by atoms with Gasteiger partial charge in [0.25, 0.3) is 0 Å². The van der Waals surface area contributed by atoms with Gasteiger partial charge in [-0.15, -0.1) is 0 Å². The maximum Gasteiger partial charge on any atom is 0.390 e. The average Bonchev–Trinajstić information content (AvgIpc) is 2.66. The molecular formula is C22H21F3N2O2. The van der Waals surface area contributed by atoms with Gasteiger partial charge in [-0.05, 0) is 29.7 Å². The predicted molar refractivity (Wildman–Crippen MR) is 107 cm³/mol. The molecule has 4 nitrogen and oxygen atoms in total. The maximum atomic E-state index is 12.7. The molecule has 0 N–H and O–H groups in total. The molecule has 0 spiro atoms. The number of aryl methyl sites for hydroxylation is 1. The smallest absolute Gasteiger partial charge is 0.390 e. The van der Waals surface area contributed by atoms with Crippen LogP contribution in [0, 0.1) is 0 Å². The highest BCUT2D eigenvalue weighted by molar-refractivity contribution is 5.93. The van der Waals surface area contributed by atoms with E-state index in [1.165, 1.54) is 6.26 Å². The fourth-order valence-corrected chi connectivity index (χ4v) is 3.13. The average molecular weight is 402 g/mol. The molecule has 0 saturated heterocycles. The molecule has 0 atom stereocenters. The Morgan fingerprint density at radius 1 is 1.17 bits per heavy atom. The van der Waals surface area contributed by atoms with Crippen LogP contribution in [0.1, 0.15) is 31.7 Å². The lowest BCUT2D eigenvalue weighted by Gasteiger charge is -2.15. The second kappa shape index (κ2) is 8.11. The number of hydrogen-bond donors (Lipinski definition) is 0. The molecule has 0 aliphatic rings. The van der Waals surface area contributed by atoms with Gasteiger partial charge in [0, 0.05) is 17.5 Å². The zero-order valence-corrected chi connectivity index (χ0v) is 16.2. The molecule has 3 aromatic rings. The highest BCUT2D eigenvalue weighted by atomic mass is 19.4. The van der Waals surface area contributed by atoms with E-state index in [1.54, 1.807) is 18.2 Å². The molecule has 0 saturated carbocycles. The maximum absolute atomic E-state index is 12.7. The normalized spacial score (nSPS) is 11.8. The quantitative estimate of drug-likeness (QED) is 0.500. The van der Waals surface area contributed by atoms with Crippen molar-refractivity contribution in [1.29, 1.82) is 0 Å². The van der Waals surface area contributed by atoms with Gasteiger partial charge < -0.3 is 4.74 Å². The van der Waals surface area contributed by atoms with Crippen molar-refractivity contribution in [3.05, 3.63) is 71.4 Å². The second-order valence-corrected chi connectivity index (χ2v) is 7.00. The molecule has 152 valence electrons. The zero-order chi connectivity index (χ0) is 21.2. The van der Waals surface area contributed by atoms with Crippen LogP contribution >= 0.6 is 0 Å². The first-order chi connectivity index (χ1) is 13.7. The van der Waals surface area contributed by atoms with E-state index in [1.807, 2.05) is 24.3 Å². The van der Waals surface area contributed by atoms with Crippen molar-refractivity contribution in [3.63, 3.8) is 0 Å². The van der Waals surface area contributed by atoms with Crippen LogP contribution in [0.15, 0.2) is 60.1 Å². The molecule has 3 rings (SSSR count). The molecule has 0 aliphatic heterocycles. The fraction of sp³-hybridized carbons (Fsp3) is 0.273. The summed E-state index contributed by atoms with van der Waals surface area (Å²) in [6.07, 6.45) is -4.23. The zero-order valence-electron chi connectivity index (χ0n) is 16.2. The SMILES string of the molecule is C=COc1ccc2c(c1)c(-c1ccc(C(C)C)cc1)nc(=O)n2CCC(F)(F)F. The van der Waals surface area contributed by atoms with E-state index in [9.17, 15) is 18.0 Å². The summed E-state index contributed by atoms with van der Waals surface area (Å²) in [5, 5.41) is 0.531. The Kier molecular flexibility index (Phi) is 5.77. The monoisotopic (exact) mass is 402 g/mol. The highest BCUT2D eigenvalue weighted by Crippen LogP contribution is 2.30. The molecule has 29 heavy (non-hydrogen) atoms. The van der Waals surface area contributed by atoms with Gasteiger partial charge in [0.1, 0.15) is 5.75 Å². The summed E-state index contributed by atoms with van der Waals surface area (Å²) in [7, 11) is 0. The standard InChI is InChI=1S/C22H21F3N2O2/c1-4-29-17-9-10-19-18(13-17)20(16-7-5-15(6-8-16)14(2)3)26-21(28)27(19)12-11-22(23,24)25/h4-10,13-14H,1,11-12H2,2-3H3. The minimum atomic E-state index is -4.37. The van der Waals surface area contributed by atoms with Crippen molar-refractivity contribution >= 4 is 10.9 Å². The fourth-order valence-electron chi connectivity index (χ4n) is 3.13. The van der Waals surface area contributed by atoms with Gasteiger partial charge in [0.15, 0.2) is 0 Å². The molecule has 0 radical (unpaired) electrons. The van der Waals surface area contributed by atoms with Crippen molar-refractivity contribution in [2.45, 2.75) is 38.9 Å². The van der Waals surface area contributed by atoms with Gasteiger partial charge in [0.2, 0.25) is 0 Å². The van der Waals surface area contributed by atoms with Crippen LogP contribution in [0.4, 0.5) is 13.2 Å². The van der Waals surface area contributed by atoms with Gasteiger partial charge >= 0.3 is 11.9 Å². The Morgan fingerprint density at radius 2 is 1.86 bits per heavy atom. The second-order valence-electron chi connectivity index (χ2n) is 7.00. The Bertz CT molecular complexity index is 1080. The number of benzene rings is 2. The van der Waals surface area contributed by atoms with E-state index in [0.29, 0.717) is 33.8 Å². The van der Waals surface area contributed by atoms with Gasteiger partial charge in [0.05, 0.1) is 23.9 Å². The number of fused-ring (bicyclic) bond motifs is 1. The Hall–Kier alpha value is -3.09. The van der Waals surface area contributed by atoms with Crippen LogP contribution in [-0.4, -0.2) is 15.7 Å². The highest BCUT2D eigenvalue weighted by Gasteiger charge is 2.27. The Morgan fingerprint density at radius 3 is 2.45 bits per heavy atom. The van der Waals surface area contributed by atoms with Crippen molar-refractivity contribution in [2.24, 2.45) is 0 Å². The first kappa shape index (κ1) is 20.6. The Balaban J connectivity index is 2.19. The number of hydrogen-bond acceptors (Lipinski definition) is 3. The molecule has 7 heteroatoms. The third kappa shape index (κ3) is 4.67. The molecule has 1 heterocycles. The lowest BCUT2D eigenvalue weighted by atomic mass is 9.99. The van der Waals surface area contributed by atoms with Crippen molar-refractivity contribution in [2.75, 3.05) is 0 Å². The first-order valence-electron chi connectivity index (χ1n) is 9.19. The van der Waals surface area contributed by atoms with Crippen LogP contribution in [-0.2, 0) is 6.54 Å². The third-order valence-corrected chi connectivity index (χ3v) is 4.64. The molecule has 0 amide bonds. The van der Waals surface area contributed by atoms with Gasteiger partial charge in [-0.2, -0.15) is 18.2 Å². The summed E-state index contributed by atoms with van der Waals surface area (Å²) in [5.41, 5.74) is 1.89. The number of halogens is 3. The molecule has 0 unspecified atom stereocenters.